The zero-order valence-electron chi connectivity index (χ0n) is 15.6. The SMILES string of the molecule is O=C1CC[C@]2(CCCN(Cc3ccncc3)CC2)N1Cc1cccc(F)c1. The molecule has 0 N–H and O–H groups in total. The highest BCUT2D eigenvalue weighted by molar-refractivity contribution is 5.79. The molecule has 4 rings (SSSR count). The van der Waals surface area contributed by atoms with Crippen LogP contribution < -0.4 is 0 Å². The summed E-state index contributed by atoms with van der Waals surface area (Å²) in [6.45, 7) is 3.47. The van der Waals surface area contributed by atoms with Gasteiger partial charge in [-0.3, -0.25) is 14.7 Å². The standard InChI is InChI=1S/C22H26FN3O/c23-20-4-1-3-19(15-20)17-26-21(27)5-9-22(26)8-2-13-25(14-10-22)16-18-6-11-24-12-7-18/h1,3-4,6-7,11-12,15H,2,5,8-10,13-14,16-17H2/t22-/m0/s1. The summed E-state index contributed by atoms with van der Waals surface area (Å²) in [6, 6.07) is 10.8. The molecule has 5 heteroatoms. The molecule has 2 aliphatic heterocycles. The fourth-order valence-electron chi connectivity index (χ4n) is 4.61. The highest BCUT2D eigenvalue weighted by Crippen LogP contribution is 2.40. The number of carbonyl (C=O) groups is 1. The van der Waals surface area contributed by atoms with Crippen molar-refractivity contribution in [1.82, 2.24) is 14.8 Å². The van der Waals surface area contributed by atoms with Gasteiger partial charge in [0.15, 0.2) is 0 Å². The number of hydrogen-bond donors (Lipinski definition) is 0. The van der Waals surface area contributed by atoms with Crippen LogP contribution >= 0.6 is 0 Å². The zero-order valence-corrected chi connectivity index (χ0v) is 15.6. The molecule has 2 aliphatic rings. The fourth-order valence-corrected chi connectivity index (χ4v) is 4.61. The van der Waals surface area contributed by atoms with E-state index in [1.807, 2.05) is 23.4 Å². The van der Waals surface area contributed by atoms with Gasteiger partial charge in [-0.05, 0) is 67.6 Å². The Hall–Kier alpha value is -2.27. The van der Waals surface area contributed by atoms with Crippen molar-refractivity contribution in [1.29, 1.82) is 0 Å². The Balaban J connectivity index is 1.47. The second kappa shape index (κ2) is 7.77. The lowest BCUT2D eigenvalue weighted by molar-refractivity contribution is -0.132. The molecule has 2 aromatic rings. The maximum absolute atomic E-state index is 13.6. The van der Waals surface area contributed by atoms with Crippen molar-refractivity contribution in [3.63, 3.8) is 0 Å². The van der Waals surface area contributed by atoms with E-state index in [0.717, 1.165) is 50.9 Å². The lowest BCUT2D eigenvalue weighted by Gasteiger charge is -2.38. The van der Waals surface area contributed by atoms with Crippen LogP contribution in [0.1, 0.15) is 43.2 Å². The molecule has 0 unspecified atom stereocenters. The molecule has 4 nitrogen and oxygen atoms in total. The lowest BCUT2D eigenvalue weighted by Crippen LogP contribution is -2.45. The van der Waals surface area contributed by atoms with E-state index >= 15 is 0 Å². The van der Waals surface area contributed by atoms with E-state index in [9.17, 15) is 9.18 Å². The van der Waals surface area contributed by atoms with Gasteiger partial charge in [-0.1, -0.05) is 12.1 Å². The van der Waals surface area contributed by atoms with E-state index in [-0.39, 0.29) is 17.3 Å². The Morgan fingerprint density at radius 3 is 2.67 bits per heavy atom. The number of benzene rings is 1. The van der Waals surface area contributed by atoms with Crippen molar-refractivity contribution in [2.45, 2.75) is 50.7 Å². The average Bonchev–Trinajstić information content (AvgIpc) is 2.84. The lowest BCUT2D eigenvalue weighted by atomic mass is 9.87. The summed E-state index contributed by atoms with van der Waals surface area (Å²) < 4.78 is 13.6. The number of pyridine rings is 1. The Kier molecular flexibility index (Phi) is 5.21. The van der Waals surface area contributed by atoms with Gasteiger partial charge in [0.05, 0.1) is 0 Å². The van der Waals surface area contributed by atoms with E-state index in [0.29, 0.717) is 13.0 Å². The van der Waals surface area contributed by atoms with E-state index < -0.39 is 0 Å². The Morgan fingerprint density at radius 2 is 1.85 bits per heavy atom. The van der Waals surface area contributed by atoms with Crippen LogP contribution in [0.4, 0.5) is 4.39 Å². The van der Waals surface area contributed by atoms with Crippen LogP contribution in [0.5, 0.6) is 0 Å². The van der Waals surface area contributed by atoms with E-state index in [1.165, 1.54) is 11.6 Å². The quantitative estimate of drug-likeness (QED) is 0.825. The number of amides is 1. The van der Waals surface area contributed by atoms with Gasteiger partial charge < -0.3 is 4.90 Å². The number of likely N-dealkylation sites (tertiary alicyclic amines) is 2. The van der Waals surface area contributed by atoms with Crippen LogP contribution in [-0.2, 0) is 17.9 Å². The highest BCUT2D eigenvalue weighted by atomic mass is 19.1. The first-order valence-electron chi connectivity index (χ1n) is 9.81. The predicted molar refractivity (Wildman–Crippen MR) is 102 cm³/mol. The van der Waals surface area contributed by atoms with Crippen LogP contribution in [0.25, 0.3) is 0 Å². The van der Waals surface area contributed by atoms with Gasteiger partial charge >= 0.3 is 0 Å². The maximum atomic E-state index is 13.6. The smallest absolute Gasteiger partial charge is 0.223 e. The van der Waals surface area contributed by atoms with E-state index in [2.05, 4.69) is 22.0 Å². The first-order chi connectivity index (χ1) is 13.1. The molecule has 0 saturated carbocycles. The molecule has 2 fully saturated rings. The minimum absolute atomic E-state index is 0.0730. The highest BCUT2D eigenvalue weighted by Gasteiger charge is 2.45. The van der Waals surface area contributed by atoms with Crippen molar-refractivity contribution < 1.29 is 9.18 Å². The van der Waals surface area contributed by atoms with Crippen LogP contribution in [0.3, 0.4) is 0 Å². The van der Waals surface area contributed by atoms with Gasteiger partial charge in [-0.25, -0.2) is 4.39 Å². The Bertz CT molecular complexity index is 797. The molecule has 27 heavy (non-hydrogen) atoms. The monoisotopic (exact) mass is 367 g/mol. The van der Waals surface area contributed by atoms with Gasteiger partial charge in [0.25, 0.3) is 0 Å². The van der Waals surface area contributed by atoms with Crippen LogP contribution in [0.2, 0.25) is 0 Å². The normalized spacial score (nSPS) is 23.7. The molecule has 1 amide bonds. The molecular weight excluding hydrogens is 341 g/mol. The summed E-state index contributed by atoms with van der Waals surface area (Å²) in [5.74, 6) is -0.0283. The van der Waals surface area contributed by atoms with Gasteiger partial charge in [0, 0.05) is 44.0 Å². The van der Waals surface area contributed by atoms with Crippen molar-refractivity contribution in [2.24, 2.45) is 0 Å². The molecule has 2 saturated heterocycles. The van der Waals surface area contributed by atoms with Crippen molar-refractivity contribution in [2.75, 3.05) is 13.1 Å². The number of hydrogen-bond acceptors (Lipinski definition) is 3. The van der Waals surface area contributed by atoms with Crippen molar-refractivity contribution >= 4 is 5.91 Å². The zero-order chi connectivity index (χ0) is 18.7. The minimum atomic E-state index is -0.238. The second-order valence-corrected chi connectivity index (χ2v) is 7.82. The molecule has 0 radical (unpaired) electrons. The third-order valence-corrected chi connectivity index (χ3v) is 6.07. The Morgan fingerprint density at radius 1 is 1.00 bits per heavy atom. The molecule has 1 aromatic heterocycles. The predicted octanol–water partition coefficient (Wildman–Crippen LogP) is 3.77. The van der Waals surface area contributed by atoms with E-state index in [1.54, 1.807) is 12.1 Å². The van der Waals surface area contributed by atoms with Gasteiger partial charge in [0.1, 0.15) is 5.82 Å². The molecule has 1 spiro atoms. The summed E-state index contributed by atoms with van der Waals surface area (Å²) in [4.78, 5) is 21.2. The third-order valence-electron chi connectivity index (χ3n) is 6.07. The molecule has 0 aliphatic carbocycles. The molecular formula is C22H26FN3O. The van der Waals surface area contributed by atoms with Crippen LogP contribution in [0, 0.1) is 5.82 Å². The maximum Gasteiger partial charge on any atom is 0.223 e. The second-order valence-electron chi connectivity index (χ2n) is 7.82. The number of rotatable bonds is 4. The number of nitrogens with zero attached hydrogens (tertiary/aromatic N) is 3. The van der Waals surface area contributed by atoms with Crippen LogP contribution in [-0.4, -0.2) is 39.3 Å². The summed E-state index contributed by atoms with van der Waals surface area (Å²) in [5, 5.41) is 0. The largest absolute Gasteiger partial charge is 0.333 e. The van der Waals surface area contributed by atoms with Crippen LogP contribution in [0.15, 0.2) is 48.8 Å². The molecule has 1 aromatic carbocycles. The number of carbonyl (C=O) groups excluding carboxylic acids is 1. The number of halogens is 1. The topological polar surface area (TPSA) is 36.4 Å². The van der Waals surface area contributed by atoms with Gasteiger partial charge in [0.2, 0.25) is 5.91 Å². The summed E-state index contributed by atoms with van der Waals surface area (Å²) in [7, 11) is 0. The molecule has 1 atom stereocenters. The summed E-state index contributed by atoms with van der Waals surface area (Å²) >= 11 is 0. The minimum Gasteiger partial charge on any atom is -0.333 e. The molecule has 0 bridgehead atoms. The van der Waals surface area contributed by atoms with Crippen molar-refractivity contribution in [3.8, 4) is 0 Å². The fraction of sp³-hybridized carbons (Fsp3) is 0.455. The number of aromatic nitrogens is 1. The van der Waals surface area contributed by atoms with Crippen molar-refractivity contribution in [3.05, 3.63) is 65.7 Å². The molecule has 3 heterocycles. The first kappa shape index (κ1) is 18.1. The van der Waals surface area contributed by atoms with Gasteiger partial charge in [-0.2, -0.15) is 0 Å². The average molecular weight is 367 g/mol. The Labute approximate surface area is 160 Å². The third kappa shape index (κ3) is 4.03. The van der Waals surface area contributed by atoms with Gasteiger partial charge in [-0.15, -0.1) is 0 Å². The van der Waals surface area contributed by atoms with E-state index in [4.69, 9.17) is 0 Å². The first-order valence-corrected chi connectivity index (χ1v) is 9.81. The summed E-state index contributed by atoms with van der Waals surface area (Å²) in [5.41, 5.74) is 2.08. The molecule has 142 valence electrons. The summed E-state index contributed by atoms with van der Waals surface area (Å²) in [6.07, 6.45) is 8.30.